The van der Waals surface area contributed by atoms with E-state index in [1.54, 1.807) is 32.3 Å². The number of fused-ring (bicyclic) bond motifs is 3. The van der Waals surface area contributed by atoms with Crippen LogP contribution in [-0.4, -0.2) is 34.5 Å². The lowest BCUT2D eigenvalue weighted by Gasteiger charge is -2.32. The number of hydrogen-bond acceptors (Lipinski definition) is 3. The fourth-order valence-electron chi connectivity index (χ4n) is 3.47. The van der Waals surface area contributed by atoms with E-state index in [-0.39, 0.29) is 11.7 Å². The number of likely N-dealkylation sites (N-methyl/N-ethyl adjacent to an activating group) is 1. The van der Waals surface area contributed by atoms with Crippen LogP contribution < -0.4 is 5.32 Å². The third-order valence-electron chi connectivity index (χ3n) is 4.67. The Kier molecular flexibility index (Phi) is 3.76. The van der Waals surface area contributed by atoms with Crippen molar-refractivity contribution in [3.8, 4) is 0 Å². The molecule has 1 aromatic heterocycles. The number of carbonyl (C=O) groups excluding carboxylic acids is 1. The highest BCUT2D eigenvalue weighted by atomic mass is 19.1. The van der Waals surface area contributed by atoms with Crippen molar-refractivity contribution in [3.63, 3.8) is 0 Å². The highest BCUT2D eigenvalue weighted by molar-refractivity contribution is 5.97. The smallest absolute Gasteiger partial charge is 0.253 e. The van der Waals surface area contributed by atoms with Crippen LogP contribution in [0, 0.1) is 5.82 Å². The Morgan fingerprint density at radius 3 is 2.58 bits per heavy atom. The first-order chi connectivity index (χ1) is 12.5. The van der Waals surface area contributed by atoms with Crippen molar-refractivity contribution >= 4 is 22.9 Å². The third-order valence-corrected chi connectivity index (χ3v) is 4.67. The van der Waals surface area contributed by atoms with E-state index in [4.69, 9.17) is 0 Å². The van der Waals surface area contributed by atoms with E-state index in [0.29, 0.717) is 22.8 Å². The van der Waals surface area contributed by atoms with Crippen LogP contribution in [0.2, 0.25) is 0 Å². The first-order valence-corrected chi connectivity index (χ1v) is 8.40. The molecule has 2 heterocycles. The minimum atomic E-state index is -0.588. The summed E-state index contributed by atoms with van der Waals surface area (Å²) >= 11 is 0. The number of anilines is 1. The number of imidazole rings is 1. The second-order valence-corrected chi connectivity index (χ2v) is 6.58. The molecule has 0 aliphatic carbocycles. The summed E-state index contributed by atoms with van der Waals surface area (Å²) in [6, 6.07) is 13.6. The van der Waals surface area contributed by atoms with Gasteiger partial charge in [0.15, 0.2) is 0 Å². The Morgan fingerprint density at radius 2 is 1.85 bits per heavy atom. The lowest BCUT2D eigenvalue weighted by molar-refractivity contribution is -0.125. The minimum Gasteiger partial charge on any atom is -0.345 e. The van der Waals surface area contributed by atoms with Crippen LogP contribution >= 0.6 is 0 Å². The predicted molar refractivity (Wildman–Crippen MR) is 99.3 cm³/mol. The van der Waals surface area contributed by atoms with Gasteiger partial charge in [-0.05, 0) is 25.1 Å². The number of para-hydroxylation sites is 2. The summed E-state index contributed by atoms with van der Waals surface area (Å²) in [5.41, 5.74) is 3.28. The summed E-state index contributed by atoms with van der Waals surface area (Å²) in [5, 5.41) is 3.22. The molecule has 0 saturated heterocycles. The Balaban J connectivity index is 2.04. The summed E-state index contributed by atoms with van der Waals surface area (Å²) in [5.74, 6) is 0.0962. The molecule has 1 aliphatic heterocycles. The van der Waals surface area contributed by atoms with E-state index in [0.717, 1.165) is 11.0 Å². The number of nitrogens with one attached hydrogen (secondary N) is 1. The van der Waals surface area contributed by atoms with E-state index < -0.39 is 6.04 Å². The van der Waals surface area contributed by atoms with Crippen molar-refractivity contribution in [2.75, 3.05) is 19.4 Å². The highest BCUT2D eigenvalue weighted by Gasteiger charge is 2.35. The molecule has 1 unspecified atom stereocenters. The summed E-state index contributed by atoms with van der Waals surface area (Å²) < 4.78 is 16.6. The molecule has 0 bridgehead atoms. The molecule has 3 aromatic rings. The second kappa shape index (κ2) is 5.98. The van der Waals surface area contributed by atoms with Gasteiger partial charge in [0.25, 0.3) is 5.91 Å². The third kappa shape index (κ3) is 2.37. The number of amides is 1. The molecule has 4 rings (SSSR count). The number of halogens is 1. The lowest BCUT2D eigenvalue weighted by Crippen LogP contribution is -2.34. The van der Waals surface area contributed by atoms with Crippen LogP contribution in [0.15, 0.2) is 59.8 Å². The van der Waals surface area contributed by atoms with Crippen molar-refractivity contribution < 1.29 is 9.18 Å². The molecule has 0 saturated carbocycles. The first-order valence-electron chi connectivity index (χ1n) is 8.40. The number of benzene rings is 2. The maximum atomic E-state index is 14.7. The molecule has 26 heavy (non-hydrogen) atoms. The summed E-state index contributed by atoms with van der Waals surface area (Å²) in [6.45, 7) is 1.83. The molecule has 1 amide bonds. The number of aromatic nitrogens is 2. The van der Waals surface area contributed by atoms with Crippen LogP contribution in [0.1, 0.15) is 18.5 Å². The largest absolute Gasteiger partial charge is 0.345 e. The molecule has 1 N–H and O–H groups in total. The SMILES string of the molecule is CC1=C(C(=O)N(C)C)C(c2ccccc2F)n2c(nc3ccccc32)N1. The molecule has 2 aromatic carbocycles. The van der Waals surface area contributed by atoms with Crippen LogP contribution in [0.5, 0.6) is 0 Å². The van der Waals surface area contributed by atoms with Crippen LogP contribution in [0.3, 0.4) is 0 Å². The second-order valence-electron chi connectivity index (χ2n) is 6.58. The van der Waals surface area contributed by atoms with Gasteiger partial charge in [-0.15, -0.1) is 0 Å². The zero-order chi connectivity index (χ0) is 18.4. The standard InChI is InChI=1S/C20H19FN4O/c1-12-17(19(26)24(2)3)18(13-8-4-5-9-14(13)21)25-16-11-7-6-10-15(16)23-20(25)22-12/h4-11,18H,1-3H3,(H,22,23). The normalized spacial score (nSPS) is 16.4. The zero-order valence-electron chi connectivity index (χ0n) is 14.8. The monoisotopic (exact) mass is 350 g/mol. The first kappa shape index (κ1) is 16.3. The van der Waals surface area contributed by atoms with Crippen molar-refractivity contribution in [2.24, 2.45) is 0 Å². The van der Waals surface area contributed by atoms with Gasteiger partial charge in [-0.1, -0.05) is 30.3 Å². The molecule has 1 aliphatic rings. The Labute approximate surface area is 150 Å². The van der Waals surface area contributed by atoms with Gasteiger partial charge in [-0.2, -0.15) is 0 Å². The van der Waals surface area contributed by atoms with Crippen LogP contribution in [0.25, 0.3) is 11.0 Å². The highest BCUT2D eigenvalue weighted by Crippen LogP contribution is 2.40. The fraction of sp³-hybridized carbons (Fsp3) is 0.200. The van der Waals surface area contributed by atoms with Crippen molar-refractivity contribution in [1.82, 2.24) is 14.5 Å². The molecule has 1 atom stereocenters. The average Bonchev–Trinajstić information content (AvgIpc) is 2.98. The van der Waals surface area contributed by atoms with Crippen molar-refractivity contribution in [1.29, 1.82) is 0 Å². The quantitative estimate of drug-likeness (QED) is 0.769. The Hall–Kier alpha value is -3.15. The number of allylic oxidation sites excluding steroid dienone is 1. The van der Waals surface area contributed by atoms with E-state index in [9.17, 15) is 9.18 Å². The van der Waals surface area contributed by atoms with E-state index in [1.807, 2.05) is 35.8 Å². The summed E-state index contributed by atoms with van der Waals surface area (Å²) in [6.07, 6.45) is 0. The molecular formula is C20H19FN4O. The lowest BCUT2D eigenvalue weighted by atomic mass is 9.93. The number of nitrogens with zero attached hydrogens (tertiary/aromatic N) is 3. The van der Waals surface area contributed by atoms with E-state index in [2.05, 4.69) is 10.3 Å². The van der Waals surface area contributed by atoms with Crippen molar-refractivity contribution in [3.05, 3.63) is 71.2 Å². The van der Waals surface area contributed by atoms with Crippen LogP contribution in [-0.2, 0) is 4.79 Å². The van der Waals surface area contributed by atoms with Gasteiger partial charge in [0.05, 0.1) is 22.6 Å². The molecule has 132 valence electrons. The number of carbonyl (C=O) groups is 1. The number of rotatable bonds is 2. The molecule has 0 radical (unpaired) electrons. The summed E-state index contributed by atoms with van der Waals surface area (Å²) in [7, 11) is 3.39. The van der Waals surface area contributed by atoms with Gasteiger partial charge in [0.2, 0.25) is 5.95 Å². The van der Waals surface area contributed by atoms with E-state index >= 15 is 0 Å². The molecule has 5 nitrogen and oxygen atoms in total. The van der Waals surface area contributed by atoms with Gasteiger partial charge in [0.1, 0.15) is 5.82 Å². The average molecular weight is 350 g/mol. The van der Waals surface area contributed by atoms with Gasteiger partial charge < -0.3 is 10.2 Å². The predicted octanol–water partition coefficient (Wildman–Crippen LogP) is 3.55. The van der Waals surface area contributed by atoms with Gasteiger partial charge in [-0.3, -0.25) is 9.36 Å². The fourth-order valence-corrected chi connectivity index (χ4v) is 3.47. The number of hydrogen-bond donors (Lipinski definition) is 1. The summed E-state index contributed by atoms with van der Waals surface area (Å²) in [4.78, 5) is 19.1. The zero-order valence-corrected chi connectivity index (χ0v) is 14.8. The Morgan fingerprint density at radius 1 is 1.15 bits per heavy atom. The minimum absolute atomic E-state index is 0.160. The molecule has 6 heteroatoms. The molecular weight excluding hydrogens is 331 g/mol. The Bertz CT molecular complexity index is 1050. The topological polar surface area (TPSA) is 50.2 Å². The molecule has 0 fully saturated rings. The van der Waals surface area contributed by atoms with E-state index in [1.165, 1.54) is 11.0 Å². The maximum absolute atomic E-state index is 14.7. The maximum Gasteiger partial charge on any atom is 0.253 e. The van der Waals surface area contributed by atoms with Gasteiger partial charge in [0, 0.05) is 25.4 Å². The van der Waals surface area contributed by atoms with Gasteiger partial charge in [-0.25, -0.2) is 9.37 Å². The molecule has 0 spiro atoms. The van der Waals surface area contributed by atoms with Crippen LogP contribution in [0.4, 0.5) is 10.3 Å². The van der Waals surface area contributed by atoms with Crippen molar-refractivity contribution in [2.45, 2.75) is 13.0 Å². The van der Waals surface area contributed by atoms with Gasteiger partial charge >= 0.3 is 0 Å².